The van der Waals surface area contributed by atoms with Crippen molar-refractivity contribution in [2.45, 2.75) is 23.8 Å². The fourth-order valence-corrected chi connectivity index (χ4v) is 3.39. The first-order valence-electron chi connectivity index (χ1n) is 8.21. The number of anilines is 1. The van der Waals surface area contributed by atoms with E-state index in [-0.39, 0.29) is 17.9 Å². The van der Waals surface area contributed by atoms with Crippen LogP contribution in [0.3, 0.4) is 0 Å². The number of ether oxygens (including phenoxy) is 2. The van der Waals surface area contributed by atoms with E-state index in [1.807, 2.05) is 0 Å². The zero-order valence-corrected chi connectivity index (χ0v) is 16.4. The number of benzene rings is 2. The SMILES string of the molecule is COc1ccc(NC(=O)C(Cc2ccccc2)(OC)C(C)=O)c(S(=O)(=O)O)c1. The van der Waals surface area contributed by atoms with Gasteiger partial charge >= 0.3 is 0 Å². The Balaban J connectivity index is 2.46. The monoisotopic (exact) mass is 407 g/mol. The van der Waals surface area contributed by atoms with Crippen LogP contribution in [-0.2, 0) is 30.9 Å². The molecule has 0 saturated heterocycles. The van der Waals surface area contributed by atoms with Crippen LogP contribution in [0.15, 0.2) is 53.4 Å². The molecule has 1 atom stereocenters. The van der Waals surface area contributed by atoms with E-state index in [0.29, 0.717) is 5.56 Å². The quantitative estimate of drug-likeness (QED) is 0.508. The lowest BCUT2D eigenvalue weighted by atomic mass is 9.89. The molecular weight excluding hydrogens is 386 g/mol. The van der Waals surface area contributed by atoms with Gasteiger partial charge in [-0.3, -0.25) is 14.1 Å². The molecule has 0 fully saturated rings. The van der Waals surface area contributed by atoms with Crippen molar-refractivity contribution in [2.24, 2.45) is 0 Å². The zero-order chi connectivity index (χ0) is 20.9. The second-order valence-electron chi connectivity index (χ2n) is 6.04. The third-order valence-corrected chi connectivity index (χ3v) is 5.19. The molecule has 2 rings (SSSR count). The van der Waals surface area contributed by atoms with Crippen LogP contribution in [0, 0.1) is 0 Å². The average Bonchev–Trinajstić information content (AvgIpc) is 2.66. The van der Waals surface area contributed by atoms with E-state index in [9.17, 15) is 22.6 Å². The first-order valence-corrected chi connectivity index (χ1v) is 9.65. The summed E-state index contributed by atoms with van der Waals surface area (Å²) in [6.45, 7) is 1.21. The molecule has 0 saturated carbocycles. The Morgan fingerprint density at radius 3 is 2.25 bits per heavy atom. The van der Waals surface area contributed by atoms with E-state index < -0.39 is 32.3 Å². The lowest BCUT2D eigenvalue weighted by Crippen LogP contribution is -2.52. The van der Waals surface area contributed by atoms with Crippen LogP contribution in [-0.4, -0.2) is 44.5 Å². The number of carbonyl (C=O) groups excluding carboxylic acids is 2. The van der Waals surface area contributed by atoms with Gasteiger partial charge in [0, 0.05) is 19.6 Å². The highest BCUT2D eigenvalue weighted by atomic mass is 32.2. The summed E-state index contributed by atoms with van der Waals surface area (Å²) in [5, 5.41) is 2.38. The predicted molar refractivity (Wildman–Crippen MR) is 102 cm³/mol. The van der Waals surface area contributed by atoms with Gasteiger partial charge in [-0.25, -0.2) is 0 Å². The van der Waals surface area contributed by atoms with Gasteiger partial charge in [-0.1, -0.05) is 30.3 Å². The maximum atomic E-state index is 13.0. The summed E-state index contributed by atoms with van der Waals surface area (Å²) in [5.41, 5.74) is -1.40. The molecule has 9 heteroatoms. The number of rotatable bonds is 8. The van der Waals surface area contributed by atoms with Crippen LogP contribution >= 0.6 is 0 Å². The number of ketones is 1. The van der Waals surface area contributed by atoms with Crippen LogP contribution < -0.4 is 10.1 Å². The van der Waals surface area contributed by atoms with Gasteiger partial charge in [0.2, 0.25) is 5.60 Å². The van der Waals surface area contributed by atoms with E-state index in [4.69, 9.17) is 9.47 Å². The van der Waals surface area contributed by atoms with Gasteiger partial charge in [0.05, 0.1) is 12.8 Å². The highest BCUT2D eigenvalue weighted by Crippen LogP contribution is 2.28. The predicted octanol–water partition coefficient (Wildman–Crippen LogP) is 2.10. The van der Waals surface area contributed by atoms with Crippen molar-refractivity contribution >= 4 is 27.5 Å². The van der Waals surface area contributed by atoms with Gasteiger partial charge in [-0.2, -0.15) is 8.42 Å². The van der Waals surface area contributed by atoms with Crippen LogP contribution in [0.2, 0.25) is 0 Å². The Morgan fingerprint density at radius 1 is 1.11 bits per heavy atom. The molecular formula is C19H21NO7S. The second kappa shape index (κ2) is 8.51. The molecule has 0 radical (unpaired) electrons. The summed E-state index contributed by atoms with van der Waals surface area (Å²) in [6.07, 6.45) is -0.0527. The molecule has 0 aliphatic heterocycles. The van der Waals surface area contributed by atoms with Gasteiger partial charge in [-0.15, -0.1) is 0 Å². The summed E-state index contributed by atoms with van der Waals surface area (Å²) in [7, 11) is -2.11. The Hall–Kier alpha value is -2.75. The molecule has 28 heavy (non-hydrogen) atoms. The van der Waals surface area contributed by atoms with Crippen molar-refractivity contribution < 1.29 is 32.0 Å². The summed E-state index contributed by atoms with van der Waals surface area (Å²) in [4.78, 5) is 24.8. The molecule has 2 aromatic carbocycles. The lowest BCUT2D eigenvalue weighted by molar-refractivity contribution is -0.151. The van der Waals surface area contributed by atoms with Crippen LogP contribution in [0.4, 0.5) is 5.69 Å². The number of amides is 1. The highest BCUT2D eigenvalue weighted by molar-refractivity contribution is 7.86. The molecule has 0 bridgehead atoms. The topological polar surface area (TPSA) is 119 Å². The molecule has 1 amide bonds. The standard InChI is InChI=1S/C19H21NO7S/c1-13(21)19(27-3,12-14-7-5-4-6-8-14)18(22)20-16-10-9-15(26-2)11-17(16)28(23,24)25/h4-11H,12H2,1-3H3,(H,20,22)(H,23,24,25). The van der Waals surface area contributed by atoms with Gasteiger partial charge in [0.1, 0.15) is 10.6 Å². The molecule has 8 nitrogen and oxygen atoms in total. The highest BCUT2D eigenvalue weighted by Gasteiger charge is 2.44. The molecule has 2 aromatic rings. The normalized spacial score (nSPS) is 13.4. The van der Waals surface area contributed by atoms with Gasteiger partial charge in [-0.05, 0) is 24.6 Å². The summed E-state index contributed by atoms with van der Waals surface area (Å²) < 4.78 is 43.1. The number of nitrogens with one attached hydrogen (secondary N) is 1. The minimum Gasteiger partial charge on any atom is -0.497 e. The van der Waals surface area contributed by atoms with Crippen LogP contribution in [0.1, 0.15) is 12.5 Å². The maximum Gasteiger partial charge on any atom is 0.296 e. The number of hydrogen-bond acceptors (Lipinski definition) is 6. The Labute approximate surface area is 163 Å². The van der Waals surface area contributed by atoms with E-state index in [0.717, 1.165) is 6.07 Å². The van der Waals surface area contributed by atoms with Gasteiger partial charge in [0.15, 0.2) is 5.78 Å². The third kappa shape index (κ3) is 4.56. The molecule has 2 N–H and O–H groups in total. The fourth-order valence-electron chi connectivity index (χ4n) is 2.73. The van der Waals surface area contributed by atoms with E-state index >= 15 is 0 Å². The van der Waals surface area contributed by atoms with E-state index in [2.05, 4.69) is 5.32 Å². The zero-order valence-electron chi connectivity index (χ0n) is 15.6. The number of methoxy groups -OCH3 is 2. The average molecular weight is 407 g/mol. The molecule has 0 heterocycles. The van der Waals surface area contributed by atoms with E-state index in [1.165, 1.54) is 33.3 Å². The number of hydrogen-bond donors (Lipinski definition) is 2. The van der Waals surface area contributed by atoms with Crippen molar-refractivity contribution in [3.05, 3.63) is 54.1 Å². The molecule has 0 aliphatic rings. The first-order chi connectivity index (χ1) is 13.1. The summed E-state index contributed by atoms with van der Waals surface area (Å²) in [5.74, 6) is -1.25. The molecule has 0 aromatic heterocycles. The van der Waals surface area contributed by atoms with Crippen molar-refractivity contribution in [3.8, 4) is 5.75 Å². The smallest absolute Gasteiger partial charge is 0.296 e. The van der Waals surface area contributed by atoms with Gasteiger partial charge < -0.3 is 14.8 Å². The summed E-state index contributed by atoms with van der Waals surface area (Å²) in [6, 6.07) is 12.5. The largest absolute Gasteiger partial charge is 0.497 e. The molecule has 1 unspecified atom stereocenters. The van der Waals surface area contributed by atoms with Crippen molar-refractivity contribution in [2.75, 3.05) is 19.5 Å². The van der Waals surface area contributed by atoms with Gasteiger partial charge in [0.25, 0.3) is 16.0 Å². The van der Waals surface area contributed by atoms with Crippen molar-refractivity contribution in [1.29, 1.82) is 0 Å². The van der Waals surface area contributed by atoms with Crippen molar-refractivity contribution in [1.82, 2.24) is 0 Å². The fraction of sp³-hybridized carbons (Fsp3) is 0.263. The number of carbonyl (C=O) groups is 2. The minimum atomic E-state index is -4.66. The molecule has 0 spiro atoms. The third-order valence-electron chi connectivity index (χ3n) is 4.29. The van der Waals surface area contributed by atoms with E-state index in [1.54, 1.807) is 30.3 Å². The molecule has 0 aliphatic carbocycles. The Kier molecular flexibility index (Phi) is 6.55. The Bertz CT molecular complexity index is 973. The minimum absolute atomic E-state index is 0.0527. The summed E-state index contributed by atoms with van der Waals surface area (Å²) >= 11 is 0. The van der Waals surface area contributed by atoms with Crippen LogP contribution in [0.25, 0.3) is 0 Å². The number of Topliss-reactive ketones (excluding diaryl/α,β-unsaturated/α-hetero) is 1. The first kappa shape index (κ1) is 21.5. The lowest BCUT2D eigenvalue weighted by Gasteiger charge is -2.29. The second-order valence-corrected chi connectivity index (χ2v) is 7.43. The van der Waals surface area contributed by atoms with Crippen LogP contribution in [0.5, 0.6) is 5.75 Å². The van der Waals surface area contributed by atoms with Crippen molar-refractivity contribution in [3.63, 3.8) is 0 Å². The molecule has 150 valence electrons. The Morgan fingerprint density at radius 2 is 1.75 bits per heavy atom. The maximum absolute atomic E-state index is 13.0.